The van der Waals surface area contributed by atoms with Crippen LogP contribution in [0.4, 0.5) is 5.00 Å². The molecule has 0 radical (unpaired) electrons. The minimum Gasteiger partial charge on any atom is -0.368 e. The maximum absolute atomic E-state index is 12.7. The third kappa shape index (κ3) is 4.53. The number of carbonyl (C=O) groups excluding carboxylic acids is 3. The molecule has 2 aliphatic heterocycles. The monoisotopic (exact) mass is 434 g/mol. The summed E-state index contributed by atoms with van der Waals surface area (Å²) >= 11 is 1.48. The molecule has 3 heterocycles. The molecule has 0 unspecified atom stereocenters. The number of nitrogens with one attached hydrogen (secondary N) is 1. The predicted molar refractivity (Wildman–Crippen MR) is 115 cm³/mol. The van der Waals surface area contributed by atoms with E-state index >= 15 is 0 Å². The lowest BCUT2D eigenvalue weighted by atomic mass is 9.88. The van der Waals surface area contributed by atoms with Crippen LogP contribution in [0, 0.1) is 5.92 Å². The zero-order valence-corrected chi connectivity index (χ0v) is 18.3. The smallest absolute Gasteiger partial charge is 0.251 e. The van der Waals surface area contributed by atoms with Gasteiger partial charge in [-0.15, -0.1) is 11.3 Å². The van der Waals surface area contributed by atoms with E-state index in [1.807, 2.05) is 9.80 Å². The fourth-order valence-electron chi connectivity index (χ4n) is 4.57. The molecule has 30 heavy (non-hydrogen) atoms. The number of nitrogens with two attached hydrogens (primary N) is 1. The van der Waals surface area contributed by atoms with E-state index in [0.29, 0.717) is 49.3 Å². The SMILES string of the molecule is C[C@@H]1CCc2c(sc(NC(=O)CN3CCN(C(=O)[C@H]4CCCO4)CC3)c2C(N)=O)C1. The Morgan fingerprint density at radius 2 is 1.97 bits per heavy atom. The van der Waals surface area contributed by atoms with Gasteiger partial charge in [-0.3, -0.25) is 19.3 Å². The molecule has 3 amide bonds. The molecular weight excluding hydrogens is 404 g/mol. The summed E-state index contributed by atoms with van der Waals surface area (Å²) in [5, 5.41) is 3.51. The van der Waals surface area contributed by atoms with Gasteiger partial charge in [0, 0.05) is 37.7 Å². The van der Waals surface area contributed by atoms with Crippen molar-refractivity contribution in [3.05, 3.63) is 16.0 Å². The van der Waals surface area contributed by atoms with E-state index in [-0.39, 0.29) is 24.5 Å². The Morgan fingerprint density at radius 3 is 2.63 bits per heavy atom. The lowest BCUT2D eigenvalue weighted by molar-refractivity contribution is -0.142. The minimum absolute atomic E-state index is 0.0705. The van der Waals surface area contributed by atoms with E-state index in [0.717, 1.165) is 37.7 Å². The zero-order chi connectivity index (χ0) is 21.3. The normalized spacial score (nSPS) is 24.5. The maximum atomic E-state index is 12.7. The van der Waals surface area contributed by atoms with Crippen molar-refractivity contribution in [3.63, 3.8) is 0 Å². The first-order chi connectivity index (χ1) is 14.4. The van der Waals surface area contributed by atoms with Crippen LogP contribution in [0.1, 0.15) is 47.0 Å². The predicted octanol–water partition coefficient (Wildman–Crippen LogP) is 1.23. The van der Waals surface area contributed by atoms with E-state index in [1.54, 1.807) is 0 Å². The van der Waals surface area contributed by atoms with Crippen molar-refractivity contribution in [2.75, 3.05) is 44.6 Å². The third-order valence-electron chi connectivity index (χ3n) is 6.27. The number of ether oxygens (including phenoxy) is 1. The van der Waals surface area contributed by atoms with Gasteiger partial charge in [-0.05, 0) is 43.6 Å². The van der Waals surface area contributed by atoms with Crippen LogP contribution in [0.2, 0.25) is 0 Å². The molecule has 9 heteroatoms. The lowest BCUT2D eigenvalue weighted by Crippen LogP contribution is -2.52. The van der Waals surface area contributed by atoms with E-state index in [1.165, 1.54) is 16.2 Å². The second-order valence-electron chi connectivity index (χ2n) is 8.57. The third-order valence-corrected chi connectivity index (χ3v) is 7.44. The fraction of sp³-hybridized carbons (Fsp3) is 0.667. The van der Waals surface area contributed by atoms with Crippen LogP contribution in [0.15, 0.2) is 0 Å². The van der Waals surface area contributed by atoms with Crippen LogP contribution in [0.25, 0.3) is 0 Å². The van der Waals surface area contributed by atoms with E-state index < -0.39 is 5.91 Å². The molecule has 1 aliphatic carbocycles. The topological polar surface area (TPSA) is 105 Å². The van der Waals surface area contributed by atoms with Gasteiger partial charge in [-0.1, -0.05) is 6.92 Å². The molecule has 0 saturated carbocycles. The largest absolute Gasteiger partial charge is 0.368 e. The summed E-state index contributed by atoms with van der Waals surface area (Å²) in [5.41, 5.74) is 7.14. The lowest BCUT2D eigenvalue weighted by Gasteiger charge is -2.35. The highest BCUT2D eigenvalue weighted by Crippen LogP contribution is 2.39. The summed E-state index contributed by atoms with van der Waals surface area (Å²) in [6.45, 7) is 5.59. The van der Waals surface area contributed by atoms with Crippen molar-refractivity contribution in [1.29, 1.82) is 0 Å². The molecule has 1 aromatic rings. The highest BCUT2D eigenvalue weighted by Gasteiger charge is 2.31. The molecule has 1 aromatic heterocycles. The van der Waals surface area contributed by atoms with Crippen molar-refractivity contribution in [3.8, 4) is 0 Å². The van der Waals surface area contributed by atoms with Gasteiger partial charge in [0.25, 0.3) is 11.8 Å². The van der Waals surface area contributed by atoms with Crippen LogP contribution >= 0.6 is 11.3 Å². The number of thiophene rings is 1. The Kier molecular flexibility index (Phi) is 6.40. The number of carbonyl (C=O) groups is 3. The van der Waals surface area contributed by atoms with E-state index in [9.17, 15) is 14.4 Å². The maximum Gasteiger partial charge on any atom is 0.251 e. The summed E-state index contributed by atoms with van der Waals surface area (Å²) in [6, 6.07) is 0. The number of piperazine rings is 1. The number of amides is 3. The van der Waals surface area contributed by atoms with Crippen LogP contribution in [0.3, 0.4) is 0 Å². The number of nitrogens with zero attached hydrogens (tertiary/aromatic N) is 2. The minimum atomic E-state index is -0.474. The zero-order valence-electron chi connectivity index (χ0n) is 17.4. The summed E-state index contributed by atoms with van der Waals surface area (Å²) in [6.07, 6.45) is 4.24. The fourth-order valence-corrected chi connectivity index (χ4v) is 6.00. The number of hydrogen-bond donors (Lipinski definition) is 2. The summed E-state index contributed by atoms with van der Waals surface area (Å²) in [4.78, 5) is 42.2. The van der Waals surface area contributed by atoms with E-state index in [2.05, 4.69) is 12.2 Å². The molecule has 0 aromatic carbocycles. The van der Waals surface area contributed by atoms with Crippen molar-refractivity contribution in [1.82, 2.24) is 9.80 Å². The molecule has 2 saturated heterocycles. The Balaban J connectivity index is 1.32. The molecule has 2 fully saturated rings. The van der Waals surface area contributed by atoms with Crippen molar-refractivity contribution >= 4 is 34.1 Å². The second-order valence-corrected chi connectivity index (χ2v) is 9.68. The molecule has 164 valence electrons. The molecule has 2 atom stereocenters. The first kappa shape index (κ1) is 21.3. The van der Waals surface area contributed by atoms with Gasteiger partial charge in [0.2, 0.25) is 5.91 Å². The Morgan fingerprint density at radius 1 is 1.20 bits per heavy atom. The van der Waals surface area contributed by atoms with Gasteiger partial charge in [0.1, 0.15) is 11.1 Å². The number of anilines is 1. The molecule has 3 aliphatic rings. The number of rotatable bonds is 5. The molecule has 0 bridgehead atoms. The van der Waals surface area contributed by atoms with Crippen molar-refractivity contribution < 1.29 is 19.1 Å². The molecule has 8 nitrogen and oxygen atoms in total. The molecule has 4 rings (SSSR count). The van der Waals surface area contributed by atoms with Gasteiger partial charge in [-0.2, -0.15) is 0 Å². The quantitative estimate of drug-likeness (QED) is 0.725. The highest BCUT2D eigenvalue weighted by atomic mass is 32.1. The highest BCUT2D eigenvalue weighted by molar-refractivity contribution is 7.17. The first-order valence-electron chi connectivity index (χ1n) is 10.8. The Bertz CT molecular complexity index is 825. The van der Waals surface area contributed by atoms with Gasteiger partial charge >= 0.3 is 0 Å². The first-order valence-corrected chi connectivity index (χ1v) is 11.6. The molecular formula is C21H30N4O4S. The Labute approximate surface area is 180 Å². The van der Waals surface area contributed by atoms with Crippen LogP contribution < -0.4 is 11.1 Å². The van der Waals surface area contributed by atoms with Gasteiger partial charge in [-0.25, -0.2) is 0 Å². The number of fused-ring (bicyclic) bond motifs is 1. The number of hydrogen-bond acceptors (Lipinski definition) is 6. The van der Waals surface area contributed by atoms with Crippen molar-refractivity contribution in [2.24, 2.45) is 11.7 Å². The average Bonchev–Trinajstić information content (AvgIpc) is 3.35. The van der Waals surface area contributed by atoms with Crippen LogP contribution in [0.5, 0.6) is 0 Å². The summed E-state index contributed by atoms with van der Waals surface area (Å²) in [7, 11) is 0. The van der Waals surface area contributed by atoms with Crippen LogP contribution in [-0.4, -0.2) is 73.0 Å². The van der Waals surface area contributed by atoms with Crippen LogP contribution in [-0.2, 0) is 27.2 Å². The standard InChI is InChI=1S/C21H30N4O4S/c1-13-4-5-14-16(11-13)30-20(18(14)19(22)27)23-17(26)12-24-6-8-25(9-7-24)21(28)15-3-2-10-29-15/h13,15H,2-12H2,1H3,(H2,22,27)(H,23,26)/t13-,15-/m1/s1. The van der Waals surface area contributed by atoms with Crippen molar-refractivity contribution in [2.45, 2.75) is 45.1 Å². The van der Waals surface area contributed by atoms with E-state index in [4.69, 9.17) is 10.5 Å². The Hall–Kier alpha value is -1.97. The van der Waals surface area contributed by atoms with Gasteiger partial charge < -0.3 is 20.7 Å². The molecule has 0 spiro atoms. The molecule has 3 N–H and O–H groups in total. The summed E-state index contributed by atoms with van der Waals surface area (Å²) in [5.74, 6) is 0.0248. The van der Waals surface area contributed by atoms with Gasteiger partial charge in [0.15, 0.2) is 0 Å². The summed E-state index contributed by atoms with van der Waals surface area (Å²) < 4.78 is 5.49. The number of primary amides is 1. The van der Waals surface area contributed by atoms with Gasteiger partial charge in [0.05, 0.1) is 12.1 Å². The second kappa shape index (κ2) is 9.03. The average molecular weight is 435 g/mol.